The van der Waals surface area contributed by atoms with Gasteiger partial charge in [-0.25, -0.2) is 0 Å². The van der Waals surface area contributed by atoms with E-state index in [0.717, 1.165) is 56.6 Å². The minimum Gasteiger partial charge on any atom is -0.356 e. The Kier molecular flexibility index (Phi) is 9.71. The number of hydrogen-bond acceptors (Lipinski definition) is 3. The van der Waals surface area contributed by atoms with E-state index in [9.17, 15) is 4.79 Å². The number of halogens is 2. The normalized spacial score (nSPS) is 15.1. The van der Waals surface area contributed by atoms with Gasteiger partial charge in [-0.2, -0.15) is 0 Å². The number of nitrogens with one attached hydrogen (secondary N) is 2. The summed E-state index contributed by atoms with van der Waals surface area (Å²) in [6, 6.07) is 8.14. The van der Waals surface area contributed by atoms with Gasteiger partial charge in [0.15, 0.2) is 0 Å². The fourth-order valence-electron chi connectivity index (χ4n) is 2.46. The summed E-state index contributed by atoms with van der Waals surface area (Å²) in [6.45, 7) is 6.27. The number of rotatable bonds is 7. The maximum Gasteiger partial charge on any atom is 0.220 e. The maximum absolute atomic E-state index is 11.8. The van der Waals surface area contributed by atoms with E-state index in [1.807, 2.05) is 12.1 Å². The van der Waals surface area contributed by atoms with Gasteiger partial charge in [-0.3, -0.25) is 4.79 Å². The number of hydrogen-bond donors (Lipinski definition) is 2. The third-order valence-electron chi connectivity index (χ3n) is 3.74. The maximum atomic E-state index is 11.8. The van der Waals surface area contributed by atoms with Crippen molar-refractivity contribution in [1.82, 2.24) is 15.5 Å². The van der Waals surface area contributed by atoms with Gasteiger partial charge < -0.3 is 15.5 Å². The second-order valence-corrected chi connectivity index (χ2v) is 6.34. The molecule has 22 heavy (non-hydrogen) atoms. The Labute approximate surface area is 147 Å². The number of amides is 1. The molecule has 1 aromatic rings. The topological polar surface area (TPSA) is 44.4 Å². The zero-order valence-corrected chi connectivity index (χ0v) is 15.2. The van der Waals surface area contributed by atoms with E-state index in [1.165, 1.54) is 5.56 Å². The van der Waals surface area contributed by atoms with Gasteiger partial charge in [0.1, 0.15) is 0 Å². The fourth-order valence-corrected chi connectivity index (χ4v) is 2.73. The summed E-state index contributed by atoms with van der Waals surface area (Å²) in [6.07, 6.45) is 2.40. The number of piperazine rings is 1. The summed E-state index contributed by atoms with van der Waals surface area (Å²) in [7, 11) is 0. The molecule has 1 heterocycles. The van der Waals surface area contributed by atoms with Crippen LogP contribution in [0, 0.1) is 0 Å². The van der Waals surface area contributed by atoms with Crippen LogP contribution < -0.4 is 10.6 Å². The van der Waals surface area contributed by atoms with Crippen LogP contribution in [0.1, 0.15) is 18.4 Å². The van der Waals surface area contributed by atoms with Gasteiger partial charge in [-0.1, -0.05) is 28.1 Å². The van der Waals surface area contributed by atoms with Crippen LogP contribution in [-0.4, -0.2) is 50.1 Å². The van der Waals surface area contributed by atoms with E-state index in [1.54, 1.807) is 0 Å². The van der Waals surface area contributed by atoms with Gasteiger partial charge in [-0.15, -0.1) is 12.4 Å². The average molecular weight is 391 g/mol. The number of aryl methyl sites for hydroxylation is 1. The van der Waals surface area contributed by atoms with Crippen molar-refractivity contribution in [2.75, 3.05) is 39.3 Å². The lowest BCUT2D eigenvalue weighted by molar-refractivity contribution is -0.121. The quantitative estimate of drug-likeness (QED) is 0.702. The van der Waals surface area contributed by atoms with Gasteiger partial charge in [-0.05, 0) is 37.1 Å². The van der Waals surface area contributed by atoms with Crippen LogP contribution in [0.4, 0.5) is 0 Å². The summed E-state index contributed by atoms with van der Waals surface area (Å²) >= 11 is 3.41. The Bertz CT molecular complexity index is 436. The monoisotopic (exact) mass is 389 g/mol. The van der Waals surface area contributed by atoms with Crippen LogP contribution in [0.3, 0.4) is 0 Å². The summed E-state index contributed by atoms with van der Waals surface area (Å²) in [5, 5.41) is 6.36. The molecule has 1 aliphatic rings. The van der Waals surface area contributed by atoms with Crippen LogP contribution >= 0.6 is 28.3 Å². The molecule has 0 spiro atoms. The molecule has 4 nitrogen and oxygen atoms in total. The summed E-state index contributed by atoms with van der Waals surface area (Å²) in [4.78, 5) is 14.2. The summed E-state index contributed by atoms with van der Waals surface area (Å²) in [5.41, 5.74) is 1.20. The largest absolute Gasteiger partial charge is 0.356 e. The van der Waals surface area contributed by atoms with Crippen molar-refractivity contribution in [2.24, 2.45) is 0 Å². The second-order valence-electron chi connectivity index (χ2n) is 5.42. The lowest BCUT2D eigenvalue weighted by Crippen LogP contribution is -2.44. The van der Waals surface area contributed by atoms with Crippen LogP contribution in [0.5, 0.6) is 0 Å². The number of nitrogens with zero attached hydrogens (tertiary/aromatic N) is 1. The van der Waals surface area contributed by atoms with Gasteiger partial charge >= 0.3 is 0 Å². The molecule has 0 saturated carbocycles. The van der Waals surface area contributed by atoms with E-state index in [2.05, 4.69) is 43.6 Å². The van der Waals surface area contributed by atoms with Crippen molar-refractivity contribution in [3.8, 4) is 0 Å². The Morgan fingerprint density at radius 3 is 2.59 bits per heavy atom. The van der Waals surface area contributed by atoms with Crippen LogP contribution in [0.25, 0.3) is 0 Å². The lowest BCUT2D eigenvalue weighted by atomic mass is 10.1. The van der Waals surface area contributed by atoms with E-state index in [4.69, 9.17) is 0 Å². The highest BCUT2D eigenvalue weighted by molar-refractivity contribution is 9.10. The Hall–Kier alpha value is -0.620. The van der Waals surface area contributed by atoms with Gasteiger partial charge in [0.2, 0.25) is 5.91 Å². The fraction of sp³-hybridized carbons (Fsp3) is 0.562. The Balaban J connectivity index is 0.00000242. The highest BCUT2D eigenvalue weighted by Gasteiger charge is 2.08. The molecule has 1 fully saturated rings. The molecular weight excluding hydrogens is 366 g/mol. The molecule has 0 atom stereocenters. The molecular formula is C16H25BrClN3O. The minimum absolute atomic E-state index is 0. The van der Waals surface area contributed by atoms with Crippen molar-refractivity contribution >= 4 is 34.2 Å². The zero-order chi connectivity index (χ0) is 14.9. The molecule has 0 aliphatic carbocycles. The highest BCUT2D eigenvalue weighted by atomic mass is 79.9. The van der Waals surface area contributed by atoms with Gasteiger partial charge in [0.25, 0.3) is 0 Å². The van der Waals surface area contributed by atoms with E-state index in [-0.39, 0.29) is 18.3 Å². The third kappa shape index (κ3) is 7.58. The average Bonchev–Trinajstić information content (AvgIpc) is 2.52. The first-order valence-corrected chi connectivity index (χ1v) is 8.47. The molecule has 0 bridgehead atoms. The molecule has 0 radical (unpaired) electrons. The number of carbonyl (C=O) groups excluding carboxylic acids is 1. The molecule has 1 aromatic carbocycles. The Morgan fingerprint density at radius 1 is 1.23 bits per heavy atom. The van der Waals surface area contributed by atoms with Gasteiger partial charge in [0.05, 0.1) is 0 Å². The predicted molar refractivity (Wildman–Crippen MR) is 96.6 cm³/mol. The smallest absolute Gasteiger partial charge is 0.220 e. The van der Waals surface area contributed by atoms with Crippen LogP contribution in [-0.2, 0) is 11.2 Å². The molecule has 1 saturated heterocycles. The summed E-state index contributed by atoms with van der Waals surface area (Å²) < 4.78 is 1.07. The lowest BCUT2D eigenvalue weighted by Gasteiger charge is -2.27. The predicted octanol–water partition coefficient (Wildman–Crippen LogP) is 2.21. The molecule has 1 aliphatic heterocycles. The van der Waals surface area contributed by atoms with E-state index in [0.29, 0.717) is 6.42 Å². The molecule has 2 N–H and O–H groups in total. The second kappa shape index (κ2) is 11.0. The van der Waals surface area contributed by atoms with Crippen molar-refractivity contribution in [3.05, 3.63) is 34.3 Å². The Morgan fingerprint density at radius 2 is 1.91 bits per heavy atom. The van der Waals surface area contributed by atoms with Crippen LogP contribution in [0.2, 0.25) is 0 Å². The van der Waals surface area contributed by atoms with Gasteiger partial charge in [0, 0.05) is 43.6 Å². The van der Waals surface area contributed by atoms with Crippen LogP contribution in [0.15, 0.2) is 28.7 Å². The SMILES string of the molecule is Cl.O=C(CCc1ccc(Br)cc1)NCCCN1CCNCC1. The van der Waals surface area contributed by atoms with E-state index < -0.39 is 0 Å². The van der Waals surface area contributed by atoms with Crippen molar-refractivity contribution < 1.29 is 4.79 Å². The van der Waals surface area contributed by atoms with Crippen molar-refractivity contribution in [3.63, 3.8) is 0 Å². The molecule has 1 amide bonds. The van der Waals surface area contributed by atoms with Crippen molar-refractivity contribution in [1.29, 1.82) is 0 Å². The number of carbonyl (C=O) groups is 1. The molecule has 124 valence electrons. The first kappa shape index (κ1) is 19.4. The minimum atomic E-state index is 0. The highest BCUT2D eigenvalue weighted by Crippen LogP contribution is 2.11. The summed E-state index contributed by atoms with van der Waals surface area (Å²) in [5.74, 6) is 0.151. The number of benzene rings is 1. The molecule has 6 heteroatoms. The van der Waals surface area contributed by atoms with Crippen molar-refractivity contribution in [2.45, 2.75) is 19.3 Å². The zero-order valence-electron chi connectivity index (χ0n) is 12.8. The molecule has 2 rings (SSSR count). The third-order valence-corrected chi connectivity index (χ3v) is 4.27. The first-order chi connectivity index (χ1) is 10.2. The molecule has 0 aromatic heterocycles. The molecule has 0 unspecified atom stereocenters. The van der Waals surface area contributed by atoms with E-state index >= 15 is 0 Å². The first-order valence-electron chi connectivity index (χ1n) is 7.68. The standard InChI is InChI=1S/C16H24BrN3O.ClH/c17-15-5-2-14(3-6-15)4-7-16(21)19-8-1-11-20-12-9-18-10-13-20;/h2-3,5-6,18H,1,4,7-13H2,(H,19,21);1H.